The summed E-state index contributed by atoms with van der Waals surface area (Å²) in [5.74, 6) is 0. The van der Waals surface area contributed by atoms with Crippen LogP contribution < -0.4 is 31.8 Å². The largest absolute Gasteiger partial charge is 0.240 e. The Morgan fingerprint density at radius 1 is 0.391 bits per heavy atom. The van der Waals surface area contributed by atoms with E-state index in [2.05, 4.69) is 186 Å². The van der Waals surface area contributed by atoms with Crippen LogP contribution in [0.2, 0.25) is 0 Å². The van der Waals surface area contributed by atoms with Crippen molar-refractivity contribution in [2.24, 2.45) is 0 Å². The maximum atomic E-state index is 8.15. The average molecular weight is 735 g/mol. The van der Waals surface area contributed by atoms with Crippen molar-refractivity contribution in [3.63, 3.8) is 0 Å². The standard InChI is InChI=1S/C38H34Cl3NP4/c1-42(44(40)41)43(39)38(45(32-20-8-2-9-21-32,33-22-10-3-11-23-33)34-24-12-4-13-25-34)46(35-26-14-5-15-27-35,36-28-16-6-17-29-36)37-30-18-7-19-31-37/h2-31,38H,1H3/q+2. The highest BCUT2D eigenvalue weighted by Crippen LogP contribution is 2.88. The highest BCUT2D eigenvalue weighted by Gasteiger charge is 2.72. The summed E-state index contributed by atoms with van der Waals surface area (Å²) in [5.41, 5.74) is 0. The Bertz CT molecular complexity index is 1480. The van der Waals surface area contributed by atoms with E-state index in [1.54, 1.807) is 0 Å². The molecular weight excluding hydrogens is 701 g/mol. The van der Waals surface area contributed by atoms with Crippen molar-refractivity contribution in [1.29, 1.82) is 0 Å². The fraction of sp³-hybridized carbons (Fsp3) is 0.0526. The van der Waals surface area contributed by atoms with Crippen LogP contribution in [0.1, 0.15) is 0 Å². The first-order valence-electron chi connectivity index (χ1n) is 14.9. The van der Waals surface area contributed by atoms with Gasteiger partial charge in [-0.1, -0.05) is 143 Å². The molecule has 0 aliphatic heterocycles. The normalized spacial score (nSPS) is 12.8. The van der Waals surface area contributed by atoms with Gasteiger partial charge in [0.1, 0.15) is 31.8 Å². The van der Waals surface area contributed by atoms with Crippen LogP contribution in [0.5, 0.6) is 0 Å². The quantitative estimate of drug-likeness (QED) is 0.120. The Kier molecular flexibility index (Phi) is 11.3. The molecule has 0 radical (unpaired) electrons. The zero-order valence-corrected chi connectivity index (χ0v) is 31.1. The van der Waals surface area contributed by atoms with Crippen LogP contribution in [0.4, 0.5) is 0 Å². The van der Waals surface area contributed by atoms with Crippen molar-refractivity contribution in [2.75, 3.05) is 7.05 Å². The van der Waals surface area contributed by atoms with E-state index in [4.69, 9.17) is 33.7 Å². The lowest BCUT2D eigenvalue weighted by Crippen LogP contribution is -2.47. The zero-order valence-electron chi connectivity index (χ0n) is 25.3. The lowest BCUT2D eigenvalue weighted by atomic mass is 10.4. The average Bonchev–Trinajstić information content (AvgIpc) is 3.13. The van der Waals surface area contributed by atoms with Gasteiger partial charge in [0.2, 0.25) is 5.14 Å². The Morgan fingerprint density at radius 3 is 0.761 bits per heavy atom. The summed E-state index contributed by atoms with van der Waals surface area (Å²) >= 11 is 21.9. The number of nitrogens with zero attached hydrogens (tertiary/aromatic N) is 1. The molecule has 6 aromatic rings. The molecule has 1 nitrogen and oxygen atoms in total. The van der Waals surface area contributed by atoms with Gasteiger partial charge in [0, 0.05) is 0 Å². The summed E-state index contributed by atoms with van der Waals surface area (Å²) in [6.07, 6.45) is 0. The Labute approximate surface area is 291 Å². The molecule has 0 saturated heterocycles. The van der Waals surface area contributed by atoms with Gasteiger partial charge in [-0.2, -0.15) is 0 Å². The fourth-order valence-corrected chi connectivity index (χ4v) is 30.3. The van der Waals surface area contributed by atoms with E-state index >= 15 is 0 Å². The maximum Gasteiger partial charge on any atom is 0.240 e. The van der Waals surface area contributed by atoms with Gasteiger partial charge >= 0.3 is 0 Å². The second-order valence-electron chi connectivity index (χ2n) is 10.8. The highest BCUT2D eigenvalue weighted by molar-refractivity contribution is 8.22. The summed E-state index contributed by atoms with van der Waals surface area (Å²) in [5, 5.41) is 7.54. The fourth-order valence-electron chi connectivity index (χ4n) is 6.43. The zero-order chi connectivity index (χ0) is 32.0. The van der Waals surface area contributed by atoms with Crippen molar-refractivity contribution in [1.82, 2.24) is 4.44 Å². The van der Waals surface area contributed by atoms with Gasteiger partial charge in [-0.3, -0.25) is 0 Å². The molecule has 6 rings (SSSR count). The summed E-state index contributed by atoms with van der Waals surface area (Å²) < 4.78 is 2.06. The number of hydrogen-bond donors (Lipinski definition) is 0. The van der Waals surface area contributed by atoms with Gasteiger partial charge in [0.05, 0.1) is 0 Å². The number of hydrogen-bond acceptors (Lipinski definition) is 1. The molecule has 0 heterocycles. The topological polar surface area (TPSA) is 3.24 Å². The smallest absolute Gasteiger partial charge is 0.219 e. The van der Waals surface area contributed by atoms with Crippen LogP contribution in [0.15, 0.2) is 182 Å². The van der Waals surface area contributed by atoms with Crippen LogP contribution in [0.25, 0.3) is 0 Å². The Balaban J connectivity index is 1.91. The van der Waals surface area contributed by atoms with Crippen molar-refractivity contribution >= 4 is 94.3 Å². The third kappa shape index (κ3) is 6.24. The Hall–Kier alpha value is -2.13. The molecule has 0 amide bonds. The van der Waals surface area contributed by atoms with Crippen LogP contribution in [0, 0.1) is 0 Å². The monoisotopic (exact) mass is 733 g/mol. The summed E-state index contributed by atoms with van der Waals surface area (Å²) in [6.45, 7) is -1.53. The SMILES string of the molecule is CN(P(Cl)Cl)P(Cl)C([P+](c1ccccc1)(c1ccccc1)c1ccccc1)[P+](c1ccccc1)(c1ccccc1)c1ccccc1. The highest BCUT2D eigenvalue weighted by atomic mass is 35.9. The molecule has 46 heavy (non-hydrogen) atoms. The van der Waals surface area contributed by atoms with E-state index in [9.17, 15) is 0 Å². The number of benzene rings is 6. The third-order valence-electron chi connectivity index (χ3n) is 8.36. The van der Waals surface area contributed by atoms with Crippen molar-refractivity contribution < 1.29 is 0 Å². The predicted octanol–water partition coefficient (Wildman–Crippen LogP) is 10.4. The lowest BCUT2D eigenvalue weighted by Gasteiger charge is -2.44. The van der Waals surface area contributed by atoms with Gasteiger partial charge in [-0.25, -0.2) is 4.44 Å². The molecule has 230 valence electrons. The van der Waals surface area contributed by atoms with Gasteiger partial charge < -0.3 is 0 Å². The van der Waals surface area contributed by atoms with Crippen LogP contribution in [0.3, 0.4) is 0 Å². The minimum absolute atomic E-state index is 0.122. The van der Waals surface area contributed by atoms with Crippen molar-refractivity contribution in [3.05, 3.63) is 182 Å². The van der Waals surface area contributed by atoms with Crippen molar-refractivity contribution in [2.45, 2.75) is 5.14 Å². The Morgan fingerprint density at radius 2 is 0.587 bits per heavy atom. The molecule has 0 aromatic heterocycles. The van der Waals surface area contributed by atoms with E-state index in [0.717, 1.165) is 0 Å². The second-order valence-corrected chi connectivity index (χ2v) is 25.6. The van der Waals surface area contributed by atoms with E-state index in [1.807, 2.05) is 7.05 Å². The molecule has 0 aliphatic rings. The molecule has 0 spiro atoms. The van der Waals surface area contributed by atoms with Crippen LogP contribution in [-0.2, 0) is 0 Å². The van der Waals surface area contributed by atoms with Crippen LogP contribution in [-0.4, -0.2) is 16.6 Å². The molecule has 1 atom stereocenters. The molecule has 1 unspecified atom stereocenters. The first-order chi connectivity index (χ1) is 22.5. The summed E-state index contributed by atoms with van der Waals surface area (Å²) in [4.78, 5) is 0. The van der Waals surface area contributed by atoms with E-state index in [0.29, 0.717) is 0 Å². The molecule has 0 aliphatic carbocycles. The lowest BCUT2D eigenvalue weighted by molar-refractivity contribution is 0.919. The van der Waals surface area contributed by atoms with Crippen molar-refractivity contribution in [3.8, 4) is 0 Å². The number of rotatable bonds is 11. The second kappa shape index (κ2) is 15.4. The van der Waals surface area contributed by atoms with Gasteiger partial charge in [-0.05, 0) is 79.8 Å². The van der Waals surface area contributed by atoms with Gasteiger partial charge in [0.15, 0.2) is 28.7 Å². The molecule has 0 saturated carbocycles. The van der Waals surface area contributed by atoms with Gasteiger partial charge in [-0.15, -0.1) is 0 Å². The third-order valence-corrected chi connectivity index (χ3v) is 28.8. The van der Waals surface area contributed by atoms with E-state index < -0.39 is 28.7 Å². The molecule has 8 heteroatoms. The summed E-state index contributed by atoms with van der Waals surface area (Å²) in [6, 6.07) is 66.2. The molecule has 0 fully saturated rings. The predicted molar refractivity (Wildman–Crippen MR) is 213 cm³/mol. The first-order valence-corrected chi connectivity index (χ1v) is 24.0. The summed E-state index contributed by atoms with van der Waals surface area (Å²) in [7, 11) is -4.76. The molecule has 0 N–H and O–H groups in total. The molecule has 6 aromatic carbocycles. The molecular formula is C38H34Cl3NP4+2. The number of halogens is 3. The minimum atomic E-state index is -2.63. The molecule has 0 bridgehead atoms. The first kappa shape index (κ1) is 33.8. The minimum Gasteiger partial charge on any atom is -0.219 e. The van der Waals surface area contributed by atoms with E-state index in [-0.39, 0.29) is 5.14 Å². The van der Waals surface area contributed by atoms with Crippen LogP contribution >= 0.6 is 62.5 Å². The van der Waals surface area contributed by atoms with E-state index in [1.165, 1.54) is 31.8 Å². The maximum absolute atomic E-state index is 8.15. The van der Waals surface area contributed by atoms with Gasteiger partial charge in [0.25, 0.3) is 0 Å².